The molecule has 0 N–H and O–H groups in total. The number of halogens is 1. The van der Waals surface area contributed by atoms with Crippen molar-refractivity contribution in [3.8, 4) is 5.75 Å². The van der Waals surface area contributed by atoms with E-state index >= 15 is 0 Å². The lowest BCUT2D eigenvalue weighted by atomic mass is 10.1. The Kier molecular flexibility index (Phi) is 6.06. The molecule has 3 rings (SSSR count). The first kappa shape index (κ1) is 18.9. The van der Waals surface area contributed by atoms with Crippen LogP contribution in [0.15, 0.2) is 48.5 Å². The topological polar surface area (TPSA) is 55.8 Å². The predicted molar refractivity (Wildman–Crippen MR) is 97.6 cm³/mol. The van der Waals surface area contributed by atoms with Gasteiger partial charge in [0.05, 0.1) is 13.0 Å². The van der Waals surface area contributed by atoms with Gasteiger partial charge >= 0.3 is 5.97 Å². The van der Waals surface area contributed by atoms with Gasteiger partial charge in [-0.25, -0.2) is 4.39 Å². The van der Waals surface area contributed by atoms with Gasteiger partial charge in [0.25, 0.3) is 0 Å². The molecule has 1 amide bonds. The first-order valence-corrected chi connectivity index (χ1v) is 8.87. The largest absolute Gasteiger partial charge is 0.496 e. The first-order valence-electron chi connectivity index (χ1n) is 8.87. The Balaban J connectivity index is 1.52. The van der Waals surface area contributed by atoms with Crippen LogP contribution in [0.25, 0.3) is 0 Å². The molecule has 2 aromatic carbocycles. The molecule has 142 valence electrons. The Labute approximate surface area is 157 Å². The highest BCUT2D eigenvalue weighted by molar-refractivity contribution is 5.86. The van der Waals surface area contributed by atoms with Crippen molar-refractivity contribution in [1.29, 1.82) is 0 Å². The third kappa shape index (κ3) is 4.84. The molecule has 0 spiro atoms. The number of carbonyl (C=O) groups is 2. The lowest BCUT2D eigenvalue weighted by molar-refractivity contribution is -0.149. The van der Waals surface area contributed by atoms with Gasteiger partial charge in [-0.05, 0) is 30.2 Å². The van der Waals surface area contributed by atoms with Gasteiger partial charge in [0.1, 0.15) is 18.2 Å². The summed E-state index contributed by atoms with van der Waals surface area (Å²) in [6.45, 7) is 0.837. The van der Waals surface area contributed by atoms with Crippen LogP contribution in [0.1, 0.15) is 17.5 Å². The van der Waals surface area contributed by atoms with E-state index in [1.54, 1.807) is 4.90 Å². The molecule has 0 radical (unpaired) electrons. The standard InChI is InChI=1S/C21H22FNO4/c1-26-19-8-7-18(22)11-17(19)14-27-21(25)16-12-20(24)23(13-16)10-9-15-5-3-2-4-6-15/h2-8,11,16H,9-10,12-14H2,1H3. The second kappa shape index (κ2) is 8.66. The molecule has 1 aliphatic rings. The Morgan fingerprint density at radius 2 is 2.00 bits per heavy atom. The van der Waals surface area contributed by atoms with Crippen LogP contribution >= 0.6 is 0 Å². The van der Waals surface area contributed by atoms with Crippen molar-refractivity contribution >= 4 is 11.9 Å². The van der Waals surface area contributed by atoms with Crippen LogP contribution in [-0.4, -0.2) is 37.0 Å². The van der Waals surface area contributed by atoms with E-state index in [9.17, 15) is 14.0 Å². The lowest BCUT2D eigenvalue weighted by Crippen LogP contribution is -2.28. The smallest absolute Gasteiger partial charge is 0.311 e. The molecule has 6 heteroatoms. The van der Waals surface area contributed by atoms with E-state index in [0.29, 0.717) is 24.4 Å². The van der Waals surface area contributed by atoms with Crippen molar-refractivity contribution in [2.45, 2.75) is 19.4 Å². The number of hydrogen-bond donors (Lipinski definition) is 0. The van der Waals surface area contributed by atoms with Crippen molar-refractivity contribution in [3.63, 3.8) is 0 Å². The summed E-state index contributed by atoms with van der Waals surface area (Å²) in [4.78, 5) is 26.2. The fourth-order valence-corrected chi connectivity index (χ4v) is 3.18. The van der Waals surface area contributed by atoms with E-state index < -0.39 is 17.7 Å². The molecule has 0 saturated carbocycles. The second-order valence-electron chi connectivity index (χ2n) is 6.54. The van der Waals surface area contributed by atoms with E-state index in [0.717, 1.165) is 12.0 Å². The fraction of sp³-hybridized carbons (Fsp3) is 0.333. The summed E-state index contributed by atoms with van der Waals surface area (Å²) in [6, 6.07) is 13.9. The molecule has 0 bridgehead atoms. The van der Waals surface area contributed by atoms with Crippen LogP contribution < -0.4 is 4.74 Å². The minimum atomic E-state index is -0.493. The number of amides is 1. The predicted octanol–water partition coefficient (Wildman–Crippen LogP) is 2.97. The zero-order chi connectivity index (χ0) is 19.2. The van der Waals surface area contributed by atoms with Crippen LogP contribution in [0.4, 0.5) is 4.39 Å². The minimum absolute atomic E-state index is 0.0452. The number of methoxy groups -OCH3 is 1. The van der Waals surface area contributed by atoms with E-state index in [2.05, 4.69) is 0 Å². The van der Waals surface area contributed by atoms with Gasteiger partial charge < -0.3 is 14.4 Å². The molecule has 1 fully saturated rings. The first-order chi connectivity index (χ1) is 13.1. The summed E-state index contributed by atoms with van der Waals surface area (Å²) >= 11 is 0. The monoisotopic (exact) mass is 371 g/mol. The molecule has 1 atom stereocenters. The van der Waals surface area contributed by atoms with Crippen LogP contribution in [0.2, 0.25) is 0 Å². The normalized spacial score (nSPS) is 16.4. The summed E-state index contributed by atoms with van der Waals surface area (Å²) in [5.74, 6) is -0.956. The summed E-state index contributed by atoms with van der Waals surface area (Å²) < 4.78 is 23.8. The number of hydrogen-bond acceptors (Lipinski definition) is 4. The SMILES string of the molecule is COc1ccc(F)cc1COC(=O)C1CC(=O)N(CCc2ccccc2)C1. The van der Waals surface area contributed by atoms with Crippen molar-refractivity contribution in [2.75, 3.05) is 20.2 Å². The van der Waals surface area contributed by atoms with Gasteiger partial charge in [0.2, 0.25) is 5.91 Å². The van der Waals surface area contributed by atoms with Crippen LogP contribution in [0.5, 0.6) is 5.75 Å². The van der Waals surface area contributed by atoms with Gasteiger partial charge in [0, 0.05) is 25.1 Å². The molecular formula is C21H22FNO4. The highest BCUT2D eigenvalue weighted by Gasteiger charge is 2.35. The minimum Gasteiger partial charge on any atom is -0.496 e. The second-order valence-corrected chi connectivity index (χ2v) is 6.54. The Bertz CT molecular complexity index is 809. The molecule has 1 aliphatic heterocycles. The Morgan fingerprint density at radius 1 is 1.22 bits per heavy atom. The highest BCUT2D eigenvalue weighted by Crippen LogP contribution is 2.23. The van der Waals surface area contributed by atoms with Gasteiger partial charge in [-0.2, -0.15) is 0 Å². The number of nitrogens with zero attached hydrogens (tertiary/aromatic N) is 1. The molecule has 27 heavy (non-hydrogen) atoms. The molecule has 2 aromatic rings. The molecule has 1 saturated heterocycles. The van der Waals surface area contributed by atoms with Gasteiger partial charge in [0.15, 0.2) is 0 Å². The third-order valence-electron chi connectivity index (χ3n) is 4.67. The highest BCUT2D eigenvalue weighted by atomic mass is 19.1. The molecule has 0 aliphatic carbocycles. The van der Waals surface area contributed by atoms with Crippen molar-refractivity contribution in [2.24, 2.45) is 5.92 Å². The average Bonchev–Trinajstić information content (AvgIpc) is 3.06. The quantitative estimate of drug-likeness (QED) is 0.702. The number of likely N-dealkylation sites (tertiary alicyclic amines) is 1. The van der Waals surface area contributed by atoms with Crippen LogP contribution in [0.3, 0.4) is 0 Å². The summed E-state index contributed by atoms with van der Waals surface area (Å²) in [5.41, 5.74) is 1.60. The fourth-order valence-electron chi connectivity index (χ4n) is 3.18. The molecule has 5 nitrogen and oxygen atoms in total. The Hall–Kier alpha value is -2.89. The summed E-state index contributed by atoms with van der Waals surface area (Å²) in [6.07, 6.45) is 0.892. The zero-order valence-electron chi connectivity index (χ0n) is 15.2. The number of carbonyl (C=O) groups excluding carboxylic acids is 2. The summed E-state index contributed by atoms with van der Waals surface area (Å²) in [5, 5.41) is 0. The number of benzene rings is 2. The average molecular weight is 371 g/mol. The summed E-state index contributed by atoms with van der Waals surface area (Å²) in [7, 11) is 1.47. The van der Waals surface area contributed by atoms with E-state index in [-0.39, 0.29) is 18.9 Å². The maximum absolute atomic E-state index is 13.4. The maximum atomic E-state index is 13.4. The van der Waals surface area contributed by atoms with E-state index in [1.165, 1.54) is 25.3 Å². The molecule has 1 unspecified atom stereocenters. The number of rotatable bonds is 7. The van der Waals surface area contributed by atoms with E-state index in [1.807, 2.05) is 30.3 Å². The van der Waals surface area contributed by atoms with Gasteiger partial charge in [-0.1, -0.05) is 30.3 Å². The number of ether oxygens (including phenoxy) is 2. The van der Waals surface area contributed by atoms with Crippen LogP contribution in [-0.2, 0) is 27.4 Å². The van der Waals surface area contributed by atoms with E-state index in [4.69, 9.17) is 9.47 Å². The van der Waals surface area contributed by atoms with Gasteiger partial charge in [-0.3, -0.25) is 9.59 Å². The molecule has 1 heterocycles. The van der Waals surface area contributed by atoms with Gasteiger partial charge in [-0.15, -0.1) is 0 Å². The number of esters is 1. The Morgan fingerprint density at radius 3 is 2.74 bits per heavy atom. The van der Waals surface area contributed by atoms with Crippen molar-refractivity contribution in [3.05, 3.63) is 65.5 Å². The van der Waals surface area contributed by atoms with Crippen molar-refractivity contribution < 1.29 is 23.5 Å². The van der Waals surface area contributed by atoms with Crippen LogP contribution in [0, 0.1) is 11.7 Å². The lowest BCUT2D eigenvalue weighted by Gasteiger charge is -2.16. The zero-order valence-corrected chi connectivity index (χ0v) is 15.2. The molecule has 0 aromatic heterocycles. The van der Waals surface area contributed by atoms with Crippen molar-refractivity contribution in [1.82, 2.24) is 4.90 Å². The molecular weight excluding hydrogens is 349 g/mol. The maximum Gasteiger partial charge on any atom is 0.311 e. The third-order valence-corrected chi connectivity index (χ3v) is 4.67.